The Balaban J connectivity index is 1.22. The molecule has 1 saturated carbocycles. The summed E-state index contributed by atoms with van der Waals surface area (Å²) in [7, 11) is 0. The molecule has 1 aliphatic heterocycles. The van der Waals surface area contributed by atoms with Crippen LogP contribution >= 0.6 is 0 Å². The second-order valence-electron chi connectivity index (χ2n) is 10.3. The van der Waals surface area contributed by atoms with Gasteiger partial charge in [0.15, 0.2) is 5.65 Å². The lowest BCUT2D eigenvalue weighted by atomic mass is 9.81. The van der Waals surface area contributed by atoms with E-state index in [2.05, 4.69) is 39.7 Å². The first kappa shape index (κ1) is 23.5. The number of nitrogens with one attached hydrogen (secondary N) is 1. The number of nitrogen functional groups attached to an aromatic ring is 1. The van der Waals surface area contributed by atoms with E-state index in [1.807, 2.05) is 35.2 Å². The Hall–Kier alpha value is -3.91. The molecule has 2 aliphatic rings. The van der Waals surface area contributed by atoms with Crippen LogP contribution in [-0.2, 0) is 0 Å². The zero-order chi connectivity index (χ0) is 25.4. The van der Waals surface area contributed by atoms with E-state index in [0.29, 0.717) is 17.3 Å². The number of hydrogen-bond donors (Lipinski definition) is 3. The number of nitrogens with zero attached hydrogens (tertiary/aromatic N) is 4. The molecule has 0 radical (unpaired) electrons. The summed E-state index contributed by atoms with van der Waals surface area (Å²) in [6.07, 6.45) is 8.43. The Kier molecular flexibility index (Phi) is 6.26. The molecule has 0 bridgehead atoms. The van der Waals surface area contributed by atoms with Gasteiger partial charge in [-0.15, -0.1) is 5.10 Å². The molecular formula is C29H33N7O. The van der Waals surface area contributed by atoms with Crippen molar-refractivity contribution in [2.75, 3.05) is 24.1 Å². The van der Waals surface area contributed by atoms with E-state index in [1.54, 1.807) is 16.9 Å². The fraction of sp³-hybridized carbons (Fsp3) is 0.345. The minimum absolute atomic E-state index is 0.0769. The van der Waals surface area contributed by atoms with Crippen LogP contribution < -0.4 is 16.8 Å². The largest absolute Gasteiger partial charge is 0.382 e. The van der Waals surface area contributed by atoms with Crippen LogP contribution in [-0.4, -0.2) is 44.5 Å². The molecule has 6 rings (SSSR count). The maximum atomic E-state index is 13.2. The van der Waals surface area contributed by atoms with E-state index in [9.17, 15) is 4.79 Å². The molecule has 1 aliphatic carbocycles. The number of aromatic nitrogens is 3. The number of benzene rings is 2. The van der Waals surface area contributed by atoms with Crippen LogP contribution in [0, 0.1) is 0 Å². The maximum Gasteiger partial charge on any atom is 0.253 e. The normalized spacial score (nSPS) is 21.9. The average Bonchev–Trinajstić information content (AvgIpc) is 3.60. The molecule has 5 N–H and O–H groups in total. The average molecular weight is 496 g/mol. The van der Waals surface area contributed by atoms with E-state index in [1.165, 1.54) is 5.56 Å². The third-order valence-electron chi connectivity index (χ3n) is 7.93. The Morgan fingerprint density at radius 2 is 1.70 bits per heavy atom. The molecule has 1 unspecified atom stereocenters. The highest BCUT2D eigenvalue weighted by molar-refractivity contribution is 5.95. The number of hydrogen-bond acceptors (Lipinski definition) is 6. The van der Waals surface area contributed by atoms with Gasteiger partial charge < -0.3 is 21.7 Å². The van der Waals surface area contributed by atoms with Crippen molar-refractivity contribution in [3.8, 4) is 0 Å². The lowest BCUT2D eigenvalue weighted by Crippen LogP contribution is -2.28. The molecule has 4 aromatic rings. The number of rotatable bonds is 5. The van der Waals surface area contributed by atoms with E-state index in [-0.39, 0.29) is 17.9 Å². The van der Waals surface area contributed by atoms with E-state index in [0.717, 1.165) is 67.8 Å². The zero-order valence-electron chi connectivity index (χ0n) is 20.9. The summed E-state index contributed by atoms with van der Waals surface area (Å²) in [5.74, 6) is 1.27. The van der Waals surface area contributed by atoms with Crippen LogP contribution in [0.25, 0.3) is 5.65 Å². The van der Waals surface area contributed by atoms with Gasteiger partial charge >= 0.3 is 0 Å². The number of carbonyl (C=O) groups is 1. The first-order valence-electron chi connectivity index (χ1n) is 13.2. The van der Waals surface area contributed by atoms with Crippen molar-refractivity contribution in [1.82, 2.24) is 19.5 Å². The molecular weight excluding hydrogens is 462 g/mol. The second kappa shape index (κ2) is 9.86. The van der Waals surface area contributed by atoms with E-state index >= 15 is 0 Å². The predicted molar refractivity (Wildman–Crippen MR) is 146 cm³/mol. The number of imidazole rings is 1. The number of carbonyl (C=O) groups excluding carboxylic acids is 1. The standard InChI is InChI=1S/C29H33N7O/c30-23-10-6-20(7-11-23)25-26(28-32-15-17-36(28)34-27(25)31)33-24-12-8-21(9-13-24)29(37)35-16-14-22(18-35)19-4-2-1-3-5-19/h1-5,8-9,12-13,15,17,20,22-23,33H,6-7,10-11,14,16,18,30H2,(H2,31,34). The van der Waals surface area contributed by atoms with Crippen LogP contribution in [0.1, 0.15) is 65.4 Å². The highest BCUT2D eigenvalue weighted by Gasteiger charge is 2.29. The fourth-order valence-corrected chi connectivity index (χ4v) is 5.88. The maximum absolute atomic E-state index is 13.2. The van der Waals surface area contributed by atoms with Crippen LogP contribution in [0.15, 0.2) is 67.0 Å². The first-order valence-corrected chi connectivity index (χ1v) is 13.2. The molecule has 8 heteroatoms. The molecule has 0 spiro atoms. The molecule has 2 aromatic heterocycles. The minimum Gasteiger partial charge on any atom is -0.382 e. The summed E-state index contributed by atoms with van der Waals surface area (Å²) in [6, 6.07) is 18.4. The van der Waals surface area contributed by atoms with Gasteiger partial charge in [0.05, 0.1) is 5.69 Å². The molecule has 1 amide bonds. The van der Waals surface area contributed by atoms with Gasteiger partial charge in [-0.1, -0.05) is 30.3 Å². The first-order chi connectivity index (χ1) is 18.1. The lowest BCUT2D eigenvalue weighted by molar-refractivity contribution is 0.0791. The van der Waals surface area contributed by atoms with Gasteiger partial charge in [0.2, 0.25) is 0 Å². The summed E-state index contributed by atoms with van der Waals surface area (Å²) in [6.45, 7) is 1.53. The smallest absolute Gasteiger partial charge is 0.253 e. The number of nitrogens with two attached hydrogens (primary N) is 2. The quantitative estimate of drug-likeness (QED) is 0.371. The van der Waals surface area contributed by atoms with Crippen LogP contribution in [0.4, 0.5) is 17.2 Å². The molecule has 8 nitrogen and oxygen atoms in total. The highest BCUT2D eigenvalue weighted by Crippen LogP contribution is 2.41. The van der Waals surface area contributed by atoms with Crippen LogP contribution in [0.3, 0.4) is 0 Å². The molecule has 2 fully saturated rings. The molecule has 37 heavy (non-hydrogen) atoms. The van der Waals surface area contributed by atoms with Gasteiger partial charge in [0, 0.05) is 54.3 Å². The number of anilines is 3. The van der Waals surface area contributed by atoms with Crippen molar-refractivity contribution < 1.29 is 4.79 Å². The Morgan fingerprint density at radius 3 is 2.46 bits per heavy atom. The lowest BCUT2D eigenvalue weighted by Gasteiger charge is -2.28. The molecule has 190 valence electrons. The Morgan fingerprint density at radius 1 is 0.946 bits per heavy atom. The minimum atomic E-state index is 0.0769. The van der Waals surface area contributed by atoms with Crippen molar-refractivity contribution in [1.29, 1.82) is 0 Å². The summed E-state index contributed by atoms with van der Waals surface area (Å²) >= 11 is 0. The van der Waals surface area contributed by atoms with E-state index < -0.39 is 0 Å². The zero-order valence-corrected chi connectivity index (χ0v) is 20.9. The number of likely N-dealkylation sites (tertiary alicyclic amines) is 1. The summed E-state index contributed by atoms with van der Waals surface area (Å²) in [5, 5.41) is 8.11. The van der Waals surface area contributed by atoms with E-state index in [4.69, 9.17) is 11.5 Å². The summed E-state index contributed by atoms with van der Waals surface area (Å²) in [4.78, 5) is 19.7. The topological polar surface area (TPSA) is 115 Å². The number of amides is 1. The summed E-state index contributed by atoms with van der Waals surface area (Å²) < 4.78 is 1.71. The van der Waals surface area contributed by atoms with Crippen molar-refractivity contribution in [2.45, 2.75) is 50.0 Å². The molecule has 1 atom stereocenters. The third kappa shape index (κ3) is 4.64. The van der Waals surface area contributed by atoms with Gasteiger partial charge in [0.1, 0.15) is 5.82 Å². The third-order valence-corrected chi connectivity index (χ3v) is 7.93. The van der Waals surface area contributed by atoms with Crippen LogP contribution in [0.2, 0.25) is 0 Å². The van der Waals surface area contributed by atoms with Crippen molar-refractivity contribution in [2.24, 2.45) is 5.73 Å². The van der Waals surface area contributed by atoms with Crippen molar-refractivity contribution in [3.05, 3.63) is 83.7 Å². The molecule has 1 saturated heterocycles. The SMILES string of the molecule is Nc1nn2ccnc2c(Nc2ccc(C(=O)N3CCC(c4ccccc4)C3)cc2)c1C1CCC(N)CC1. The highest BCUT2D eigenvalue weighted by atomic mass is 16.2. The number of fused-ring (bicyclic) bond motifs is 1. The predicted octanol–water partition coefficient (Wildman–Crippen LogP) is 4.67. The van der Waals surface area contributed by atoms with Gasteiger partial charge in [-0.3, -0.25) is 4.79 Å². The van der Waals surface area contributed by atoms with Gasteiger partial charge in [-0.25, -0.2) is 9.50 Å². The Labute approximate surface area is 216 Å². The van der Waals surface area contributed by atoms with Crippen molar-refractivity contribution in [3.63, 3.8) is 0 Å². The Bertz CT molecular complexity index is 1390. The van der Waals surface area contributed by atoms with Crippen LogP contribution in [0.5, 0.6) is 0 Å². The monoisotopic (exact) mass is 495 g/mol. The van der Waals surface area contributed by atoms with Gasteiger partial charge in [-0.2, -0.15) is 0 Å². The molecule has 2 aromatic carbocycles. The van der Waals surface area contributed by atoms with Gasteiger partial charge in [-0.05, 0) is 67.9 Å². The summed E-state index contributed by atoms with van der Waals surface area (Å²) in [5.41, 5.74) is 18.1. The van der Waals surface area contributed by atoms with Gasteiger partial charge in [0.25, 0.3) is 5.91 Å². The molecule has 3 heterocycles. The second-order valence-corrected chi connectivity index (χ2v) is 10.3. The van der Waals surface area contributed by atoms with Crippen molar-refractivity contribution >= 4 is 28.7 Å². The fourth-order valence-electron chi connectivity index (χ4n) is 5.88.